The lowest BCUT2D eigenvalue weighted by atomic mass is 10.2. The van der Waals surface area contributed by atoms with Crippen LogP contribution < -0.4 is 9.80 Å². The Balaban J connectivity index is 1.58. The number of amides is 2. The van der Waals surface area contributed by atoms with E-state index in [9.17, 15) is 9.59 Å². The van der Waals surface area contributed by atoms with Crippen LogP contribution in [0.25, 0.3) is 0 Å². The summed E-state index contributed by atoms with van der Waals surface area (Å²) in [5, 5.41) is 1.03. The molecule has 20 heavy (non-hydrogen) atoms. The fourth-order valence-corrected chi connectivity index (χ4v) is 4.28. The van der Waals surface area contributed by atoms with Crippen molar-refractivity contribution in [2.24, 2.45) is 16.8 Å². The zero-order valence-electron chi connectivity index (χ0n) is 10.6. The zero-order valence-corrected chi connectivity index (χ0v) is 11.4. The molecular weight excluding hydrogens is 274 g/mol. The summed E-state index contributed by atoms with van der Waals surface area (Å²) in [4.78, 5) is 33.4. The summed E-state index contributed by atoms with van der Waals surface area (Å²) < 4.78 is 0. The smallest absolute Gasteiger partial charge is 0.237 e. The fourth-order valence-electron chi connectivity index (χ4n) is 3.21. The Morgan fingerprint density at radius 1 is 1.20 bits per heavy atom. The Hall–Kier alpha value is -1.82. The van der Waals surface area contributed by atoms with Crippen LogP contribution in [0.5, 0.6) is 0 Å². The molecule has 1 aromatic rings. The minimum Gasteiger partial charge on any atom is -0.318 e. The number of thioether (sulfide) groups is 1. The summed E-state index contributed by atoms with van der Waals surface area (Å²) in [6.45, 7) is 1.70. The van der Waals surface area contributed by atoms with E-state index in [0.29, 0.717) is 5.69 Å². The number of amidine groups is 1. The van der Waals surface area contributed by atoms with Gasteiger partial charge in [0.25, 0.3) is 0 Å². The lowest BCUT2D eigenvalue weighted by Crippen LogP contribution is -2.33. The molecular formula is C14H11N3O2S. The van der Waals surface area contributed by atoms with Crippen LogP contribution in [0.3, 0.4) is 0 Å². The van der Waals surface area contributed by atoms with Gasteiger partial charge >= 0.3 is 0 Å². The average Bonchev–Trinajstić information content (AvgIpc) is 2.89. The number of aliphatic imine (C=N–C) groups is 1. The molecule has 3 aliphatic heterocycles. The molecule has 3 heterocycles. The first-order chi connectivity index (χ1) is 9.74. The molecule has 6 heteroatoms. The third-order valence-corrected chi connectivity index (χ3v) is 5.46. The molecule has 5 rings (SSSR count). The van der Waals surface area contributed by atoms with Gasteiger partial charge in [0.05, 0.1) is 29.8 Å². The number of nitrogens with zero attached hydrogens (tertiary/aromatic N) is 3. The van der Waals surface area contributed by atoms with E-state index in [1.807, 2.05) is 18.2 Å². The third-order valence-electron chi connectivity index (χ3n) is 4.36. The molecule has 1 aromatic carbocycles. The van der Waals surface area contributed by atoms with Crippen molar-refractivity contribution in [3.05, 3.63) is 18.2 Å². The lowest BCUT2D eigenvalue weighted by Gasteiger charge is -2.19. The molecule has 2 fully saturated rings. The quantitative estimate of drug-likeness (QED) is 0.733. The number of benzene rings is 1. The van der Waals surface area contributed by atoms with E-state index >= 15 is 0 Å². The molecule has 4 aliphatic rings. The Morgan fingerprint density at radius 2 is 2.00 bits per heavy atom. The summed E-state index contributed by atoms with van der Waals surface area (Å²) in [5.41, 5.74) is 1.78. The van der Waals surface area contributed by atoms with Crippen LogP contribution in [0.2, 0.25) is 0 Å². The van der Waals surface area contributed by atoms with Gasteiger partial charge in [0, 0.05) is 11.4 Å². The molecule has 1 aliphatic carbocycles. The second-order valence-corrected chi connectivity index (χ2v) is 6.54. The van der Waals surface area contributed by atoms with Crippen molar-refractivity contribution in [2.75, 3.05) is 22.9 Å². The first-order valence-corrected chi connectivity index (χ1v) is 7.57. The number of imide groups is 1. The van der Waals surface area contributed by atoms with Crippen LogP contribution in [0.4, 0.5) is 11.4 Å². The van der Waals surface area contributed by atoms with Crippen molar-refractivity contribution in [2.45, 2.75) is 11.3 Å². The maximum atomic E-state index is 12.1. The number of piperidine rings is 1. The van der Waals surface area contributed by atoms with Crippen LogP contribution in [0, 0.1) is 11.8 Å². The van der Waals surface area contributed by atoms with Crippen LogP contribution in [-0.2, 0) is 9.59 Å². The number of fused-ring (bicyclic) bond motifs is 4. The minimum atomic E-state index is -0.0472. The molecule has 1 saturated heterocycles. The van der Waals surface area contributed by atoms with Crippen molar-refractivity contribution in [3.8, 4) is 0 Å². The Labute approximate surface area is 119 Å². The van der Waals surface area contributed by atoms with Crippen molar-refractivity contribution in [1.82, 2.24) is 0 Å². The van der Waals surface area contributed by atoms with Crippen LogP contribution in [-0.4, -0.2) is 30.1 Å². The number of anilines is 2. The van der Waals surface area contributed by atoms with E-state index in [2.05, 4.69) is 9.89 Å². The highest BCUT2D eigenvalue weighted by atomic mass is 32.2. The van der Waals surface area contributed by atoms with Gasteiger partial charge in [0.15, 0.2) is 5.17 Å². The van der Waals surface area contributed by atoms with E-state index in [4.69, 9.17) is 0 Å². The van der Waals surface area contributed by atoms with E-state index in [1.165, 1.54) is 4.90 Å². The van der Waals surface area contributed by atoms with Gasteiger partial charge in [-0.25, -0.2) is 4.90 Å². The molecule has 0 unspecified atom stereocenters. The van der Waals surface area contributed by atoms with Gasteiger partial charge in [0.2, 0.25) is 11.8 Å². The number of hydrogen-bond acceptors (Lipinski definition) is 5. The summed E-state index contributed by atoms with van der Waals surface area (Å²) >= 11 is 1.66. The lowest BCUT2D eigenvalue weighted by molar-refractivity contribution is -0.123. The highest BCUT2D eigenvalue weighted by Gasteiger charge is 2.59. The van der Waals surface area contributed by atoms with Gasteiger partial charge < -0.3 is 4.90 Å². The van der Waals surface area contributed by atoms with Crippen molar-refractivity contribution in [3.63, 3.8) is 0 Å². The second kappa shape index (κ2) is 3.44. The van der Waals surface area contributed by atoms with Crippen molar-refractivity contribution in [1.29, 1.82) is 0 Å². The molecule has 5 nitrogen and oxygen atoms in total. The standard InChI is InChI=1S/C14H11N3O2S/c18-12-8-6-9(8)13(19)17(12)7-1-2-11-10(5-7)16-4-3-15-14(16)20-11/h1-2,5,8-9H,3-4,6H2/t8-,9+. The highest BCUT2D eigenvalue weighted by molar-refractivity contribution is 8.14. The number of rotatable bonds is 1. The first kappa shape index (κ1) is 10.9. The monoisotopic (exact) mass is 285 g/mol. The summed E-state index contributed by atoms with van der Waals surface area (Å²) in [6.07, 6.45) is 0.748. The van der Waals surface area contributed by atoms with Gasteiger partial charge in [-0.3, -0.25) is 14.6 Å². The molecule has 0 spiro atoms. The predicted molar refractivity (Wildman–Crippen MR) is 76.0 cm³/mol. The topological polar surface area (TPSA) is 53.0 Å². The molecule has 0 aromatic heterocycles. The van der Waals surface area contributed by atoms with Gasteiger partial charge in [-0.1, -0.05) is 0 Å². The maximum Gasteiger partial charge on any atom is 0.237 e. The molecule has 1 saturated carbocycles. The number of carbonyl (C=O) groups excluding carboxylic acids is 2. The van der Waals surface area contributed by atoms with E-state index in [-0.39, 0.29) is 23.7 Å². The van der Waals surface area contributed by atoms with Crippen molar-refractivity contribution >= 4 is 40.1 Å². The normalized spacial score (nSPS) is 29.5. The van der Waals surface area contributed by atoms with Gasteiger partial charge in [-0.05, 0) is 36.4 Å². The Bertz CT molecular complexity index is 694. The van der Waals surface area contributed by atoms with E-state index < -0.39 is 0 Å². The molecule has 2 amide bonds. The van der Waals surface area contributed by atoms with Gasteiger partial charge in [0.1, 0.15) is 0 Å². The Morgan fingerprint density at radius 3 is 2.80 bits per heavy atom. The summed E-state index contributed by atoms with van der Waals surface area (Å²) in [7, 11) is 0. The number of carbonyl (C=O) groups is 2. The van der Waals surface area contributed by atoms with E-state index in [0.717, 1.165) is 35.3 Å². The van der Waals surface area contributed by atoms with Crippen molar-refractivity contribution < 1.29 is 9.59 Å². The maximum absolute atomic E-state index is 12.1. The van der Waals surface area contributed by atoms with Crippen LogP contribution in [0.1, 0.15) is 6.42 Å². The SMILES string of the molecule is O=C1[C@H]2C[C@H]2C(=O)N1c1ccc2c(c1)N1CCN=C1S2. The second-order valence-electron chi connectivity index (χ2n) is 5.53. The molecule has 0 N–H and O–H groups in total. The third kappa shape index (κ3) is 1.22. The molecule has 100 valence electrons. The fraction of sp³-hybridized carbons (Fsp3) is 0.357. The molecule has 2 atom stereocenters. The zero-order chi connectivity index (χ0) is 13.4. The van der Waals surface area contributed by atoms with Gasteiger partial charge in [-0.15, -0.1) is 0 Å². The number of hydrogen-bond donors (Lipinski definition) is 0. The summed E-state index contributed by atoms with van der Waals surface area (Å²) in [6, 6.07) is 5.81. The summed E-state index contributed by atoms with van der Waals surface area (Å²) in [5.74, 6) is -0.148. The average molecular weight is 285 g/mol. The highest BCUT2D eigenvalue weighted by Crippen LogP contribution is 2.50. The molecule has 0 bridgehead atoms. The molecule has 0 radical (unpaired) electrons. The van der Waals surface area contributed by atoms with Crippen LogP contribution in [0.15, 0.2) is 28.1 Å². The van der Waals surface area contributed by atoms with E-state index in [1.54, 1.807) is 11.8 Å². The first-order valence-electron chi connectivity index (χ1n) is 6.76. The minimum absolute atomic E-state index is 0.0269. The van der Waals surface area contributed by atoms with Gasteiger partial charge in [-0.2, -0.15) is 0 Å². The Kier molecular flexibility index (Phi) is 1.87. The largest absolute Gasteiger partial charge is 0.318 e. The predicted octanol–water partition coefficient (Wildman–Crippen LogP) is 1.48. The van der Waals surface area contributed by atoms with Crippen LogP contribution >= 0.6 is 11.8 Å².